The van der Waals surface area contributed by atoms with Gasteiger partial charge in [0.15, 0.2) is 5.78 Å². The third kappa shape index (κ3) is 1.50. The zero-order valence-electron chi connectivity index (χ0n) is 6.37. The second kappa shape index (κ2) is 3.07. The van der Waals surface area contributed by atoms with Gasteiger partial charge in [-0.25, -0.2) is 0 Å². The molecule has 2 heteroatoms. The molecule has 0 aliphatic heterocycles. The van der Waals surface area contributed by atoms with E-state index in [4.69, 9.17) is 6.42 Å². The van der Waals surface area contributed by atoms with E-state index in [9.17, 15) is 4.79 Å². The molecule has 11 heavy (non-hydrogen) atoms. The van der Waals surface area contributed by atoms with Crippen molar-refractivity contribution in [1.29, 1.82) is 0 Å². The molecule has 0 atom stereocenters. The van der Waals surface area contributed by atoms with Gasteiger partial charge in [-0.15, -0.1) is 6.42 Å². The molecule has 2 nitrogen and oxygen atoms in total. The molecule has 1 rings (SSSR count). The van der Waals surface area contributed by atoms with E-state index >= 15 is 0 Å². The van der Waals surface area contributed by atoms with E-state index < -0.39 is 0 Å². The van der Waals surface area contributed by atoms with Crippen LogP contribution in [0.15, 0.2) is 18.3 Å². The Balaban J connectivity index is 2.98. The molecule has 0 unspecified atom stereocenters. The number of Topliss-reactive ketones (excluding diaryl/α,β-unsaturated/α-hetero) is 1. The molecule has 0 amide bonds. The summed E-state index contributed by atoms with van der Waals surface area (Å²) in [5, 5.41) is 0. The largest absolute Gasteiger partial charge is 0.333 e. The number of hydrogen-bond donors (Lipinski definition) is 0. The van der Waals surface area contributed by atoms with E-state index in [2.05, 4.69) is 5.92 Å². The van der Waals surface area contributed by atoms with E-state index in [0.717, 1.165) is 0 Å². The summed E-state index contributed by atoms with van der Waals surface area (Å²) in [5.74, 6) is 2.52. The van der Waals surface area contributed by atoms with Gasteiger partial charge in [0.1, 0.15) is 0 Å². The fourth-order valence-electron chi connectivity index (χ4n) is 0.970. The molecule has 56 valence electrons. The highest BCUT2D eigenvalue weighted by molar-refractivity contribution is 5.92. The second-order valence-corrected chi connectivity index (χ2v) is 2.28. The van der Waals surface area contributed by atoms with Crippen molar-refractivity contribution in [1.82, 2.24) is 4.57 Å². The Bertz CT molecular complexity index is 304. The van der Waals surface area contributed by atoms with Crippen LogP contribution in [-0.2, 0) is 6.54 Å². The number of aromatic nitrogens is 1. The molecule has 1 aromatic rings. The van der Waals surface area contributed by atoms with Crippen molar-refractivity contribution in [2.24, 2.45) is 0 Å². The first-order valence-electron chi connectivity index (χ1n) is 3.35. The fourth-order valence-corrected chi connectivity index (χ4v) is 0.970. The van der Waals surface area contributed by atoms with Gasteiger partial charge >= 0.3 is 0 Å². The van der Waals surface area contributed by atoms with Crippen molar-refractivity contribution >= 4 is 5.78 Å². The lowest BCUT2D eigenvalue weighted by Crippen LogP contribution is -2.03. The van der Waals surface area contributed by atoms with Gasteiger partial charge in [-0.2, -0.15) is 0 Å². The molecule has 0 aliphatic carbocycles. The number of carbonyl (C=O) groups is 1. The minimum Gasteiger partial charge on any atom is -0.333 e. The third-order valence-corrected chi connectivity index (χ3v) is 1.45. The molecule has 0 spiro atoms. The van der Waals surface area contributed by atoms with Gasteiger partial charge in [0, 0.05) is 13.1 Å². The molecule has 1 aromatic heterocycles. The van der Waals surface area contributed by atoms with Crippen molar-refractivity contribution in [3.8, 4) is 12.3 Å². The molecular weight excluding hydrogens is 138 g/mol. The molecule has 0 bridgehead atoms. The molecular formula is C9H9NO. The van der Waals surface area contributed by atoms with Gasteiger partial charge < -0.3 is 4.57 Å². The first kappa shape index (κ1) is 7.62. The summed E-state index contributed by atoms with van der Waals surface area (Å²) in [7, 11) is 0. The van der Waals surface area contributed by atoms with Crippen LogP contribution in [-0.4, -0.2) is 10.4 Å². The van der Waals surface area contributed by atoms with Crippen molar-refractivity contribution < 1.29 is 4.79 Å². The Labute approximate surface area is 65.8 Å². The SMILES string of the molecule is C#CCn1cccc1C(C)=O. The molecule has 1 heterocycles. The zero-order chi connectivity index (χ0) is 8.27. The number of nitrogens with zero attached hydrogens (tertiary/aromatic N) is 1. The summed E-state index contributed by atoms with van der Waals surface area (Å²) >= 11 is 0. The van der Waals surface area contributed by atoms with Crippen LogP contribution in [0.2, 0.25) is 0 Å². The Hall–Kier alpha value is -1.49. The van der Waals surface area contributed by atoms with Gasteiger partial charge in [-0.3, -0.25) is 4.79 Å². The van der Waals surface area contributed by atoms with Crippen molar-refractivity contribution in [3.05, 3.63) is 24.0 Å². The van der Waals surface area contributed by atoms with E-state index in [1.807, 2.05) is 6.07 Å². The highest BCUT2D eigenvalue weighted by Gasteiger charge is 2.02. The minimum absolute atomic E-state index is 0.0465. The maximum Gasteiger partial charge on any atom is 0.176 e. The summed E-state index contributed by atoms with van der Waals surface area (Å²) in [4.78, 5) is 10.9. The van der Waals surface area contributed by atoms with E-state index in [1.165, 1.54) is 6.92 Å². The highest BCUT2D eigenvalue weighted by atomic mass is 16.1. The monoisotopic (exact) mass is 147 g/mol. The van der Waals surface area contributed by atoms with Gasteiger partial charge in [0.2, 0.25) is 0 Å². The van der Waals surface area contributed by atoms with Crippen LogP contribution in [0.5, 0.6) is 0 Å². The molecule has 0 aromatic carbocycles. The molecule has 0 aliphatic rings. The summed E-state index contributed by atoms with van der Waals surface area (Å²) in [6.07, 6.45) is 6.91. The molecule has 0 saturated heterocycles. The van der Waals surface area contributed by atoms with Crippen LogP contribution in [0.1, 0.15) is 17.4 Å². The summed E-state index contributed by atoms with van der Waals surface area (Å²) < 4.78 is 1.75. The molecule has 0 radical (unpaired) electrons. The van der Waals surface area contributed by atoms with Crippen LogP contribution in [0, 0.1) is 12.3 Å². The molecule has 0 fully saturated rings. The van der Waals surface area contributed by atoms with E-state index in [1.54, 1.807) is 16.8 Å². The number of rotatable bonds is 2. The van der Waals surface area contributed by atoms with E-state index in [0.29, 0.717) is 12.2 Å². The third-order valence-electron chi connectivity index (χ3n) is 1.45. The lowest BCUT2D eigenvalue weighted by molar-refractivity contribution is 0.100. The van der Waals surface area contributed by atoms with E-state index in [-0.39, 0.29) is 5.78 Å². The topological polar surface area (TPSA) is 22.0 Å². The molecule has 0 saturated carbocycles. The van der Waals surface area contributed by atoms with Crippen molar-refractivity contribution in [2.45, 2.75) is 13.5 Å². The quantitative estimate of drug-likeness (QED) is 0.457. The minimum atomic E-state index is 0.0465. The lowest BCUT2D eigenvalue weighted by atomic mass is 10.3. The number of carbonyl (C=O) groups excluding carboxylic acids is 1. The zero-order valence-corrected chi connectivity index (χ0v) is 6.37. The first-order chi connectivity index (χ1) is 5.25. The number of ketones is 1. The first-order valence-corrected chi connectivity index (χ1v) is 3.35. The molecule has 0 N–H and O–H groups in total. The average Bonchev–Trinajstić information content (AvgIpc) is 2.36. The van der Waals surface area contributed by atoms with Crippen LogP contribution in [0.3, 0.4) is 0 Å². The average molecular weight is 147 g/mol. The summed E-state index contributed by atoms with van der Waals surface area (Å²) in [5.41, 5.74) is 0.669. The van der Waals surface area contributed by atoms with Crippen LogP contribution < -0.4 is 0 Å². The van der Waals surface area contributed by atoms with Gasteiger partial charge in [-0.1, -0.05) is 5.92 Å². The summed E-state index contributed by atoms with van der Waals surface area (Å²) in [6, 6.07) is 3.58. The van der Waals surface area contributed by atoms with Gasteiger partial charge in [0.25, 0.3) is 0 Å². The maximum atomic E-state index is 10.9. The maximum absolute atomic E-state index is 10.9. The normalized spacial score (nSPS) is 9.09. The summed E-state index contributed by atoms with van der Waals surface area (Å²) in [6.45, 7) is 1.99. The smallest absolute Gasteiger partial charge is 0.176 e. The standard InChI is InChI=1S/C9H9NO/c1-3-6-10-7-4-5-9(10)8(2)11/h1,4-5,7H,6H2,2H3. The Morgan fingerprint density at radius 3 is 3.09 bits per heavy atom. The number of terminal acetylenes is 1. The predicted octanol–water partition coefficient (Wildman–Crippen LogP) is 1.32. The number of hydrogen-bond acceptors (Lipinski definition) is 1. The Morgan fingerprint density at radius 2 is 2.55 bits per heavy atom. The predicted molar refractivity (Wildman–Crippen MR) is 43.3 cm³/mol. The van der Waals surface area contributed by atoms with Crippen LogP contribution >= 0.6 is 0 Å². The second-order valence-electron chi connectivity index (χ2n) is 2.28. The lowest BCUT2D eigenvalue weighted by Gasteiger charge is -1.99. The van der Waals surface area contributed by atoms with Gasteiger partial charge in [0.05, 0.1) is 12.2 Å². The van der Waals surface area contributed by atoms with Crippen LogP contribution in [0.4, 0.5) is 0 Å². The van der Waals surface area contributed by atoms with Crippen molar-refractivity contribution in [2.75, 3.05) is 0 Å². The van der Waals surface area contributed by atoms with Gasteiger partial charge in [-0.05, 0) is 12.1 Å². The fraction of sp³-hybridized carbons (Fsp3) is 0.222. The Morgan fingerprint density at radius 1 is 1.82 bits per heavy atom. The van der Waals surface area contributed by atoms with Crippen LogP contribution in [0.25, 0.3) is 0 Å². The highest BCUT2D eigenvalue weighted by Crippen LogP contribution is 2.01. The Kier molecular flexibility index (Phi) is 2.12. The van der Waals surface area contributed by atoms with Crippen molar-refractivity contribution in [3.63, 3.8) is 0 Å².